The van der Waals surface area contributed by atoms with E-state index in [2.05, 4.69) is 83.2 Å². The van der Waals surface area contributed by atoms with Gasteiger partial charge in [-0.15, -0.1) is 0 Å². The van der Waals surface area contributed by atoms with E-state index in [0.29, 0.717) is 13.1 Å². The van der Waals surface area contributed by atoms with Crippen LogP contribution in [0, 0.1) is 6.92 Å². The molecule has 1 aliphatic carbocycles. The van der Waals surface area contributed by atoms with Crippen molar-refractivity contribution >= 4 is 22.7 Å². The Hall–Kier alpha value is -3.15. The van der Waals surface area contributed by atoms with Gasteiger partial charge in [0.2, 0.25) is 0 Å². The van der Waals surface area contributed by atoms with Gasteiger partial charge in [0, 0.05) is 50.7 Å². The van der Waals surface area contributed by atoms with Crippen LogP contribution in [-0.2, 0) is 0 Å². The zero-order chi connectivity index (χ0) is 24.0. The molecule has 0 aromatic heterocycles. The number of anilines is 2. The fraction of sp³-hybridized carbons (Fsp3) is 0.321. The summed E-state index contributed by atoms with van der Waals surface area (Å²) in [4.78, 5) is 4.12. The Morgan fingerprint density at radius 3 is 1.91 bits per heavy atom. The molecule has 1 aliphatic rings. The zero-order valence-corrected chi connectivity index (χ0v) is 20.4. The van der Waals surface area contributed by atoms with Crippen LogP contribution >= 0.6 is 0 Å². The van der Waals surface area contributed by atoms with Gasteiger partial charge in [0.05, 0.1) is 13.2 Å². The fourth-order valence-corrected chi connectivity index (χ4v) is 4.02. The molecule has 0 bridgehead atoms. The van der Waals surface area contributed by atoms with Crippen molar-refractivity contribution in [3.63, 3.8) is 0 Å². The molecule has 2 aromatic carbocycles. The van der Waals surface area contributed by atoms with Crippen molar-refractivity contribution in [1.29, 1.82) is 0 Å². The van der Waals surface area contributed by atoms with Gasteiger partial charge in [-0.3, -0.25) is 0 Å². The van der Waals surface area contributed by atoms with Crippen LogP contribution < -0.4 is 9.80 Å². The van der Waals surface area contributed by atoms with Gasteiger partial charge < -0.3 is 20.0 Å². The van der Waals surface area contributed by atoms with Crippen molar-refractivity contribution in [1.82, 2.24) is 0 Å². The summed E-state index contributed by atoms with van der Waals surface area (Å²) < 4.78 is 2.10. The van der Waals surface area contributed by atoms with Crippen molar-refractivity contribution in [2.24, 2.45) is 0 Å². The van der Waals surface area contributed by atoms with Gasteiger partial charge in [-0.25, -0.2) is 4.58 Å². The fourth-order valence-electron chi connectivity index (χ4n) is 4.02. The highest BCUT2D eigenvalue weighted by Gasteiger charge is 2.17. The largest absolute Gasteiger partial charge is 0.395 e. The van der Waals surface area contributed by atoms with Crippen molar-refractivity contribution < 1.29 is 14.8 Å². The first-order chi connectivity index (χ1) is 15.8. The van der Waals surface area contributed by atoms with E-state index in [4.69, 9.17) is 0 Å². The monoisotopic (exact) mass is 446 g/mol. The van der Waals surface area contributed by atoms with E-state index in [1.165, 1.54) is 5.56 Å². The topological polar surface area (TPSA) is 50.0 Å². The number of rotatable bonds is 8. The van der Waals surface area contributed by atoms with Crippen LogP contribution in [0.1, 0.15) is 16.7 Å². The molecule has 0 radical (unpaired) electrons. The van der Waals surface area contributed by atoms with Crippen molar-refractivity contribution in [2.75, 3.05) is 64.3 Å². The molecular formula is C28H36N3O2+. The number of nitrogens with zero attached hydrogens (tertiary/aromatic N) is 3. The molecule has 0 unspecified atom stereocenters. The van der Waals surface area contributed by atoms with Crippen LogP contribution in [-0.4, -0.2) is 75.0 Å². The lowest BCUT2D eigenvalue weighted by Gasteiger charge is -2.25. The Labute approximate surface area is 197 Å². The van der Waals surface area contributed by atoms with Crippen LogP contribution in [0.4, 0.5) is 11.4 Å². The lowest BCUT2D eigenvalue weighted by Crippen LogP contribution is -2.29. The molecule has 5 nitrogen and oxygen atoms in total. The first-order valence-electron chi connectivity index (χ1n) is 11.4. The third-order valence-corrected chi connectivity index (χ3v) is 5.94. The van der Waals surface area contributed by atoms with Crippen LogP contribution in [0.5, 0.6) is 0 Å². The SMILES string of the molecule is Cc1ccc(N(CCO)CCO)cc1C(=C1C=CC(=[N+](C)C)C=C1)c1ccc(N(C)C)cc1. The average Bonchev–Trinajstić information content (AvgIpc) is 2.81. The molecule has 0 saturated carbocycles. The molecular weight excluding hydrogens is 410 g/mol. The number of hydrogen-bond acceptors (Lipinski definition) is 4. The van der Waals surface area contributed by atoms with Crippen LogP contribution in [0.2, 0.25) is 0 Å². The number of aliphatic hydroxyl groups excluding tert-OH is 2. The number of aryl methyl sites for hydroxylation is 1. The van der Waals surface area contributed by atoms with E-state index < -0.39 is 0 Å². The second-order valence-corrected chi connectivity index (χ2v) is 8.69. The summed E-state index contributed by atoms with van der Waals surface area (Å²) in [5.41, 5.74) is 9.08. The molecule has 33 heavy (non-hydrogen) atoms. The Morgan fingerprint density at radius 2 is 1.39 bits per heavy atom. The lowest BCUT2D eigenvalue weighted by molar-refractivity contribution is -0.462. The molecule has 2 aromatic rings. The number of benzene rings is 2. The summed E-state index contributed by atoms with van der Waals surface area (Å²) in [6.45, 7) is 3.17. The van der Waals surface area contributed by atoms with Gasteiger partial charge in [0.25, 0.3) is 0 Å². The molecule has 174 valence electrons. The maximum absolute atomic E-state index is 9.52. The van der Waals surface area contributed by atoms with E-state index in [9.17, 15) is 10.2 Å². The van der Waals surface area contributed by atoms with Crippen molar-refractivity contribution in [3.05, 3.63) is 89.0 Å². The number of hydrogen-bond donors (Lipinski definition) is 2. The average molecular weight is 447 g/mol. The summed E-state index contributed by atoms with van der Waals surface area (Å²) in [5, 5.41) is 19.0. The van der Waals surface area contributed by atoms with Crippen LogP contribution in [0.15, 0.2) is 72.3 Å². The second-order valence-electron chi connectivity index (χ2n) is 8.69. The minimum absolute atomic E-state index is 0.0395. The predicted molar refractivity (Wildman–Crippen MR) is 140 cm³/mol. The molecule has 0 amide bonds. The predicted octanol–water partition coefficient (Wildman–Crippen LogP) is 3.49. The highest BCUT2D eigenvalue weighted by molar-refractivity contribution is 6.04. The van der Waals surface area contributed by atoms with E-state index >= 15 is 0 Å². The minimum atomic E-state index is 0.0395. The molecule has 0 fully saturated rings. The number of allylic oxidation sites excluding steroid dienone is 5. The normalized spacial score (nSPS) is 12.8. The summed E-state index contributed by atoms with van der Waals surface area (Å²) in [7, 11) is 8.18. The molecule has 2 N–H and O–H groups in total. The van der Waals surface area contributed by atoms with Crippen molar-refractivity contribution in [2.45, 2.75) is 6.92 Å². The smallest absolute Gasteiger partial charge is 0.199 e. The highest BCUT2D eigenvalue weighted by atomic mass is 16.3. The highest BCUT2D eigenvalue weighted by Crippen LogP contribution is 2.34. The van der Waals surface area contributed by atoms with Gasteiger partial charge >= 0.3 is 0 Å². The number of aliphatic hydroxyl groups is 2. The van der Waals surface area contributed by atoms with E-state index in [1.807, 2.05) is 33.1 Å². The van der Waals surface area contributed by atoms with Gasteiger partial charge in [0.15, 0.2) is 5.71 Å². The summed E-state index contributed by atoms with van der Waals surface area (Å²) in [6.07, 6.45) is 8.64. The Bertz CT molecular complexity index is 1060. The molecule has 3 rings (SSSR count). The lowest BCUT2D eigenvalue weighted by atomic mass is 9.88. The van der Waals surface area contributed by atoms with E-state index in [0.717, 1.165) is 39.4 Å². The second kappa shape index (κ2) is 11.1. The third kappa shape index (κ3) is 5.81. The van der Waals surface area contributed by atoms with Gasteiger partial charge in [-0.2, -0.15) is 0 Å². The third-order valence-electron chi connectivity index (χ3n) is 5.94. The zero-order valence-electron chi connectivity index (χ0n) is 20.4. The standard InChI is InChI=1S/C28H36N3O2/c1-21-6-11-26(31(16-18-32)17-19-33)20-27(21)28(22-7-12-24(13-8-22)29(2)3)23-9-14-25(15-10-23)30(4)5/h6-15,20,32-33H,16-19H2,1-5H3/q+1. The summed E-state index contributed by atoms with van der Waals surface area (Å²) >= 11 is 0. The van der Waals surface area contributed by atoms with Gasteiger partial charge in [-0.1, -0.05) is 18.2 Å². The molecule has 5 heteroatoms. The maximum atomic E-state index is 9.52. The Balaban J connectivity index is 2.20. The molecule has 0 spiro atoms. The van der Waals surface area contributed by atoms with Crippen LogP contribution in [0.25, 0.3) is 5.57 Å². The van der Waals surface area contributed by atoms with E-state index in [1.54, 1.807) is 0 Å². The summed E-state index contributed by atoms with van der Waals surface area (Å²) in [6, 6.07) is 15.0. The molecule has 0 atom stereocenters. The first-order valence-corrected chi connectivity index (χ1v) is 11.4. The molecule has 0 aliphatic heterocycles. The molecule has 0 heterocycles. The Morgan fingerprint density at radius 1 is 0.818 bits per heavy atom. The van der Waals surface area contributed by atoms with Crippen molar-refractivity contribution in [3.8, 4) is 0 Å². The molecule has 0 saturated heterocycles. The quantitative estimate of drug-likeness (QED) is 0.610. The first kappa shape index (κ1) is 24.5. The summed E-state index contributed by atoms with van der Waals surface area (Å²) in [5.74, 6) is 0. The van der Waals surface area contributed by atoms with E-state index in [-0.39, 0.29) is 13.2 Å². The van der Waals surface area contributed by atoms with Crippen LogP contribution in [0.3, 0.4) is 0 Å². The Kier molecular flexibility index (Phi) is 8.26. The maximum Gasteiger partial charge on any atom is 0.199 e. The van der Waals surface area contributed by atoms with Gasteiger partial charge in [0.1, 0.15) is 14.1 Å². The van der Waals surface area contributed by atoms with Gasteiger partial charge in [-0.05, 0) is 71.2 Å². The minimum Gasteiger partial charge on any atom is -0.395 e.